The molecule has 0 unspecified atom stereocenters. The summed E-state index contributed by atoms with van der Waals surface area (Å²) in [4.78, 5) is 0. The molecule has 0 aromatic heterocycles. The Hall–Kier alpha value is -1.25. The number of terminal acetylenes is 1. The maximum Gasteiger partial charge on any atom is 0.121 e. The first kappa shape index (κ1) is 10.8. The molecule has 2 heteroatoms. The van der Waals surface area contributed by atoms with Gasteiger partial charge in [-0.2, -0.15) is 5.26 Å². The molecule has 74 valence electrons. The summed E-state index contributed by atoms with van der Waals surface area (Å²) in [5, 5.41) is 8.37. The number of nitrogens with zero attached hydrogens (tertiary/aromatic N) is 1. The fraction of sp³-hybridized carbons (Fsp3) is 0.583. The van der Waals surface area contributed by atoms with Crippen molar-refractivity contribution in [3.63, 3.8) is 0 Å². The topological polar surface area (TPSA) is 33.0 Å². The lowest BCUT2D eigenvalue weighted by Crippen LogP contribution is -2.23. The molecule has 2 atom stereocenters. The molecule has 0 spiro atoms. The first-order valence-corrected chi connectivity index (χ1v) is 4.98. The zero-order valence-electron chi connectivity index (χ0n) is 8.28. The van der Waals surface area contributed by atoms with Crippen LogP contribution in [0, 0.1) is 29.6 Å². The number of ether oxygens (including phenoxy) is 1. The third-order valence-corrected chi connectivity index (χ3v) is 2.41. The summed E-state index contributed by atoms with van der Waals surface area (Å²) < 4.78 is 5.48. The molecule has 0 fully saturated rings. The second-order valence-corrected chi connectivity index (χ2v) is 3.41. The summed E-state index contributed by atoms with van der Waals surface area (Å²) >= 11 is 0. The standard InChI is InChI=1S/C12H15NO/c1-2-12(14-10-6-9-13)11-7-4-3-5-8-11/h1,3-4,11-12H,5-8,10H2/t11-,12-/m0/s1. The van der Waals surface area contributed by atoms with E-state index in [2.05, 4.69) is 18.1 Å². The molecule has 0 saturated heterocycles. The van der Waals surface area contributed by atoms with E-state index in [1.165, 1.54) is 0 Å². The van der Waals surface area contributed by atoms with Gasteiger partial charge in [-0.1, -0.05) is 18.1 Å². The summed E-state index contributed by atoms with van der Waals surface area (Å²) in [7, 11) is 0. The predicted octanol–water partition coefficient (Wildman–Crippen LogP) is 2.27. The molecule has 0 heterocycles. The molecular weight excluding hydrogens is 174 g/mol. The van der Waals surface area contributed by atoms with Gasteiger partial charge in [0.15, 0.2) is 0 Å². The lowest BCUT2D eigenvalue weighted by molar-refractivity contribution is 0.0516. The zero-order valence-corrected chi connectivity index (χ0v) is 8.28. The van der Waals surface area contributed by atoms with Crippen molar-refractivity contribution in [1.82, 2.24) is 0 Å². The van der Waals surface area contributed by atoms with Crippen LogP contribution < -0.4 is 0 Å². The second kappa shape index (κ2) is 6.24. The van der Waals surface area contributed by atoms with E-state index >= 15 is 0 Å². The van der Waals surface area contributed by atoms with E-state index in [0.29, 0.717) is 18.9 Å². The van der Waals surface area contributed by atoms with Crippen LogP contribution in [0.4, 0.5) is 0 Å². The minimum absolute atomic E-state index is 0.117. The van der Waals surface area contributed by atoms with Gasteiger partial charge in [0.1, 0.15) is 6.10 Å². The van der Waals surface area contributed by atoms with Crippen LogP contribution in [0.2, 0.25) is 0 Å². The van der Waals surface area contributed by atoms with Crippen LogP contribution in [0.25, 0.3) is 0 Å². The molecule has 0 aliphatic heterocycles. The maximum absolute atomic E-state index is 8.37. The molecule has 1 rings (SSSR count). The van der Waals surface area contributed by atoms with Crippen molar-refractivity contribution in [2.45, 2.75) is 31.8 Å². The number of rotatable bonds is 4. The van der Waals surface area contributed by atoms with E-state index in [9.17, 15) is 0 Å². The Morgan fingerprint density at radius 2 is 2.43 bits per heavy atom. The Kier molecular flexibility index (Phi) is 4.83. The van der Waals surface area contributed by atoms with Crippen LogP contribution in [0.5, 0.6) is 0 Å². The van der Waals surface area contributed by atoms with Gasteiger partial charge in [0.2, 0.25) is 0 Å². The van der Waals surface area contributed by atoms with Crippen LogP contribution in [0.3, 0.4) is 0 Å². The number of nitriles is 1. The van der Waals surface area contributed by atoms with E-state index in [4.69, 9.17) is 16.4 Å². The van der Waals surface area contributed by atoms with Crippen molar-refractivity contribution in [2.75, 3.05) is 6.61 Å². The van der Waals surface area contributed by atoms with Crippen LogP contribution in [-0.4, -0.2) is 12.7 Å². The van der Waals surface area contributed by atoms with Gasteiger partial charge in [0.05, 0.1) is 19.1 Å². The summed E-state index contributed by atoms with van der Waals surface area (Å²) in [6.45, 7) is 0.450. The quantitative estimate of drug-likeness (QED) is 0.386. The Balaban J connectivity index is 2.34. The molecule has 0 saturated carbocycles. The SMILES string of the molecule is C#C[C@H](OCCC#N)[C@H]1CC=CCC1. The highest BCUT2D eigenvalue weighted by Gasteiger charge is 2.19. The van der Waals surface area contributed by atoms with Crippen molar-refractivity contribution >= 4 is 0 Å². The minimum atomic E-state index is -0.117. The van der Waals surface area contributed by atoms with Gasteiger partial charge in [-0.3, -0.25) is 0 Å². The van der Waals surface area contributed by atoms with Gasteiger partial charge in [0, 0.05) is 5.92 Å². The van der Waals surface area contributed by atoms with Crippen molar-refractivity contribution in [3.05, 3.63) is 12.2 Å². The van der Waals surface area contributed by atoms with Crippen molar-refractivity contribution in [2.24, 2.45) is 5.92 Å². The minimum Gasteiger partial charge on any atom is -0.364 e. The molecular formula is C12H15NO. The summed E-state index contributed by atoms with van der Waals surface area (Å²) in [5.74, 6) is 3.10. The first-order chi connectivity index (χ1) is 6.88. The average molecular weight is 189 g/mol. The second-order valence-electron chi connectivity index (χ2n) is 3.41. The molecule has 1 aliphatic carbocycles. The zero-order chi connectivity index (χ0) is 10.2. The van der Waals surface area contributed by atoms with Gasteiger partial charge in [0.25, 0.3) is 0 Å². The molecule has 0 aromatic rings. The lowest BCUT2D eigenvalue weighted by Gasteiger charge is -2.23. The van der Waals surface area contributed by atoms with Crippen molar-refractivity contribution in [3.8, 4) is 18.4 Å². The fourth-order valence-corrected chi connectivity index (χ4v) is 1.64. The Bertz CT molecular complexity index is 269. The Labute approximate surface area is 85.6 Å². The van der Waals surface area contributed by atoms with Crippen molar-refractivity contribution in [1.29, 1.82) is 5.26 Å². The molecule has 1 aliphatic rings. The summed E-state index contributed by atoms with van der Waals surface area (Å²) in [6, 6.07) is 2.04. The normalized spacial score (nSPS) is 22.3. The maximum atomic E-state index is 8.37. The van der Waals surface area contributed by atoms with Gasteiger partial charge in [-0.05, 0) is 19.3 Å². The number of hydrogen-bond donors (Lipinski definition) is 0. The Morgan fingerprint density at radius 3 is 3.00 bits per heavy atom. The van der Waals surface area contributed by atoms with Crippen LogP contribution in [-0.2, 0) is 4.74 Å². The summed E-state index contributed by atoms with van der Waals surface area (Å²) in [5.41, 5.74) is 0. The highest BCUT2D eigenvalue weighted by atomic mass is 16.5. The van der Waals surface area contributed by atoms with E-state index in [1.807, 2.05) is 6.07 Å². The average Bonchev–Trinajstić information content (AvgIpc) is 2.26. The van der Waals surface area contributed by atoms with Gasteiger partial charge in [-0.25, -0.2) is 0 Å². The third-order valence-electron chi connectivity index (χ3n) is 2.41. The molecule has 2 nitrogen and oxygen atoms in total. The van der Waals surface area contributed by atoms with E-state index < -0.39 is 0 Å². The molecule has 0 amide bonds. The molecule has 14 heavy (non-hydrogen) atoms. The smallest absolute Gasteiger partial charge is 0.121 e. The van der Waals surface area contributed by atoms with Gasteiger partial charge < -0.3 is 4.74 Å². The van der Waals surface area contributed by atoms with Gasteiger partial charge >= 0.3 is 0 Å². The van der Waals surface area contributed by atoms with E-state index in [0.717, 1.165) is 19.3 Å². The number of hydrogen-bond acceptors (Lipinski definition) is 2. The van der Waals surface area contributed by atoms with Crippen LogP contribution in [0.1, 0.15) is 25.7 Å². The van der Waals surface area contributed by atoms with Crippen LogP contribution >= 0.6 is 0 Å². The summed E-state index contributed by atoms with van der Waals surface area (Å²) in [6.07, 6.45) is 13.2. The molecule has 0 bridgehead atoms. The van der Waals surface area contributed by atoms with E-state index in [1.54, 1.807) is 0 Å². The van der Waals surface area contributed by atoms with Crippen LogP contribution in [0.15, 0.2) is 12.2 Å². The molecule has 0 N–H and O–H groups in total. The molecule has 0 aromatic carbocycles. The largest absolute Gasteiger partial charge is 0.364 e. The molecule has 0 radical (unpaired) electrons. The predicted molar refractivity (Wildman–Crippen MR) is 55.3 cm³/mol. The first-order valence-electron chi connectivity index (χ1n) is 4.98. The highest BCUT2D eigenvalue weighted by Crippen LogP contribution is 2.23. The third kappa shape index (κ3) is 3.24. The Morgan fingerprint density at radius 1 is 1.57 bits per heavy atom. The van der Waals surface area contributed by atoms with E-state index in [-0.39, 0.29) is 6.10 Å². The fourth-order valence-electron chi connectivity index (χ4n) is 1.64. The monoisotopic (exact) mass is 189 g/mol. The van der Waals surface area contributed by atoms with Crippen molar-refractivity contribution < 1.29 is 4.74 Å². The highest BCUT2D eigenvalue weighted by molar-refractivity contribution is 5.03. The number of allylic oxidation sites excluding steroid dienone is 2. The lowest BCUT2D eigenvalue weighted by atomic mass is 9.89. The van der Waals surface area contributed by atoms with Gasteiger partial charge in [-0.15, -0.1) is 6.42 Å².